The molecular weight excluding hydrogens is 260 g/mol. The van der Waals surface area contributed by atoms with Crippen molar-refractivity contribution in [2.75, 3.05) is 13.1 Å². The van der Waals surface area contributed by atoms with Gasteiger partial charge in [-0.3, -0.25) is 9.55 Å². The Morgan fingerprint density at radius 2 is 2.21 bits per heavy atom. The molecule has 0 bridgehead atoms. The van der Waals surface area contributed by atoms with Crippen LogP contribution in [0, 0.1) is 0 Å². The second-order valence-electron chi connectivity index (χ2n) is 4.36. The second-order valence-corrected chi connectivity index (χ2v) is 5.23. The predicted octanol–water partition coefficient (Wildman–Crippen LogP) is 2.05. The van der Waals surface area contributed by atoms with Gasteiger partial charge in [-0.1, -0.05) is 0 Å². The molecule has 0 N–H and O–H groups in total. The molecule has 1 fully saturated rings. The second kappa shape index (κ2) is 5.36. The van der Waals surface area contributed by atoms with Crippen LogP contribution in [0.15, 0.2) is 41.1 Å². The monoisotopic (exact) mass is 274 g/mol. The average molecular weight is 274 g/mol. The highest BCUT2D eigenvalue weighted by Crippen LogP contribution is 2.09. The van der Waals surface area contributed by atoms with Crippen molar-refractivity contribution in [1.82, 2.24) is 14.5 Å². The van der Waals surface area contributed by atoms with Crippen LogP contribution in [0.2, 0.25) is 0 Å². The van der Waals surface area contributed by atoms with Gasteiger partial charge < -0.3 is 4.90 Å². The molecule has 98 valence electrons. The summed E-state index contributed by atoms with van der Waals surface area (Å²) in [6.07, 6.45) is 7.54. The summed E-state index contributed by atoms with van der Waals surface area (Å²) in [5.74, 6) is 0. The highest BCUT2D eigenvalue weighted by molar-refractivity contribution is 7.07. The molecular formula is C13H14N4OS. The fourth-order valence-corrected chi connectivity index (χ4v) is 2.82. The summed E-state index contributed by atoms with van der Waals surface area (Å²) in [5, 5.41) is 1.92. The quantitative estimate of drug-likeness (QED) is 0.799. The van der Waals surface area contributed by atoms with Crippen LogP contribution >= 0.6 is 11.3 Å². The first-order chi connectivity index (χ1) is 9.34. The zero-order chi connectivity index (χ0) is 13.1. The topological polar surface area (TPSA) is 50.5 Å². The van der Waals surface area contributed by atoms with Gasteiger partial charge in [0.1, 0.15) is 0 Å². The Balaban J connectivity index is 1.93. The summed E-state index contributed by atoms with van der Waals surface area (Å²) in [6.45, 7) is 1.64. The maximum atomic E-state index is 12.0. The largest absolute Gasteiger partial charge is 0.346 e. The van der Waals surface area contributed by atoms with Crippen LogP contribution in [-0.2, 0) is 0 Å². The summed E-state index contributed by atoms with van der Waals surface area (Å²) in [4.78, 5) is 22.8. The fraction of sp³-hybridized carbons (Fsp3) is 0.308. The Morgan fingerprint density at radius 3 is 2.95 bits per heavy atom. The number of carbonyl (C=O) groups is 1. The van der Waals surface area contributed by atoms with Gasteiger partial charge in [0, 0.05) is 30.9 Å². The molecule has 2 amide bonds. The molecule has 1 aliphatic rings. The Hall–Kier alpha value is -1.95. The van der Waals surface area contributed by atoms with Crippen molar-refractivity contribution < 1.29 is 4.79 Å². The summed E-state index contributed by atoms with van der Waals surface area (Å²) >= 11 is 1.45. The number of hydrogen-bond acceptors (Lipinski definition) is 3. The van der Waals surface area contributed by atoms with Crippen LogP contribution in [0.3, 0.4) is 0 Å². The Morgan fingerprint density at radius 1 is 1.37 bits per heavy atom. The van der Waals surface area contributed by atoms with E-state index in [0.29, 0.717) is 4.80 Å². The van der Waals surface area contributed by atoms with Crippen molar-refractivity contribution in [2.45, 2.75) is 12.8 Å². The third-order valence-electron chi connectivity index (χ3n) is 3.08. The molecule has 0 aromatic carbocycles. The van der Waals surface area contributed by atoms with E-state index in [-0.39, 0.29) is 6.03 Å². The molecule has 1 aliphatic heterocycles. The third-order valence-corrected chi connectivity index (χ3v) is 3.84. The van der Waals surface area contributed by atoms with Crippen LogP contribution in [0.5, 0.6) is 0 Å². The number of pyridine rings is 1. The normalized spacial score (nSPS) is 16.0. The first-order valence-corrected chi connectivity index (χ1v) is 7.13. The average Bonchev–Trinajstić information content (AvgIpc) is 3.11. The van der Waals surface area contributed by atoms with Crippen LogP contribution in [0.1, 0.15) is 12.8 Å². The van der Waals surface area contributed by atoms with Crippen LogP contribution in [-0.4, -0.2) is 33.6 Å². The zero-order valence-electron chi connectivity index (χ0n) is 10.4. The van der Waals surface area contributed by atoms with Gasteiger partial charge in [-0.05, 0) is 25.0 Å². The lowest BCUT2D eigenvalue weighted by atomic mass is 10.4. The third kappa shape index (κ3) is 2.58. The molecule has 0 atom stereocenters. The summed E-state index contributed by atoms with van der Waals surface area (Å²) < 4.78 is 1.88. The van der Waals surface area contributed by atoms with Crippen molar-refractivity contribution >= 4 is 17.4 Å². The first kappa shape index (κ1) is 12.1. The van der Waals surface area contributed by atoms with Gasteiger partial charge in [0.2, 0.25) is 0 Å². The molecule has 2 aromatic rings. The van der Waals surface area contributed by atoms with E-state index in [4.69, 9.17) is 0 Å². The Labute approximate surface area is 114 Å². The molecule has 0 radical (unpaired) electrons. The number of likely N-dealkylation sites (tertiary alicyclic amines) is 1. The van der Waals surface area contributed by atoms with Crippen molar-refractivity contribution in [3.63, 3.8) is 0 Å². The Kier molecular flexibility index (Phi) is 3.41. The molecule has 0 spiro atoms. The van der Waals surface area contributed by atoms with Gasteiger partial charge in [0.05, 0.1) is 11.9 Å². The SMILES string of the molecule is O=C(/N=c1\sccn1-c1cccnc1)N1CCCC1. The van der Waals surface area contributed by atoms with Gasteiger partial charge >= 0.3 is 6.03 Å². The van der Waals surface area contributed by atoms with E-state index in [0.717, 1.165) is 31.6 Å². The predicted molar refractivity (Wildman–Crippen MR) is 73.2 cm³/mol. The number of thiazole rings is 1. The van der Waals surface area contributed by atoms with Crippen molar-refractivity contribution in [2.24, 2.45) is 4.99 Å². The maximum absolute atomic E-state index is 12.0. The minimum absolute atomic E-state index is 0.141. The number of carbonyl (C=O) groups excluding carboxylic acids is 1. The van der Waals surface area contributed by atoms with Crippen LogP contribution in [0.25, 0.3) is 5.69 Å². The number of amides is 2. The number of aromatic nitrogens is 2. The lowest BCUT2D eigenvalue weighted by Gasteiger charge is -2.10. The number of urea groups is 1. The van der Waals surface area contributed by atoms with Crippen LogP contribution in [0.4, 0.5) is 4.79 Å². The highest BCUT2D eigenvalue weighted by atomic mass is 32.1. The molecule has 0 aliphatic carbocycles. The van der Waals surface area contributed by atoms with E-state index in [1.807, 2.05) is 28.3 Å². The smallest absolute Gasteiger partial charge is 0.323 e. The highest BCUT2D eigenvalue weighted by Gasteiger charge is 2.17. The number of nitrogens with zero attached hydrogens (tertiary/aromatic N) is 4. The maximum Gasteiger partial charge on any atom is 0.346 e. The van der Waals surface area contributed by atoms with E-state index in [9.17, 15) is 4.79 Å². The van der Waals surface area contributed by atoms with Gasteiger partial charge in [-0.2, -0.15) is 4.99 Å². The number of hydrogen-bond donors (Lipinski definition) is 0. The molecule has 3 heterocycles. The van der Waals surface area contributed by atoms with Crippen molar-refractivity contribution in [1.29, 1.82) is 0 Å². The zero-order valence-corrected chi connectivity index (χ0v) is 11.2. The number of rotatable bonds is 1. The molecule has 1 saturated heterocycles. The van der Waals surface area contributed by atoms with E-state index in [1.54, 1.807) is 17.3 Å². The fourth-order valence-electron chi connectivity index (χ4n) is 2.11. The van der Waals surface area contributed by atoms with E-state index < -0.39 is 0 Å². The van der Waals surface area contributed by atoms with Gasteiger partial charge in [0.15, 0.2) is 4.80 Å². The van der Waals surface area contributed by atoms with E-state index in [1.165, 1.54) is 11.3 Å². The molecule has 3 rings (SSSR count). The molecule has 19 heavy (non-hydrogen) atoms. The standard InChI is InChI=1S/C13H14N4OS/c18-12(16-6-1-2-7-16)15-13-17(8-9-19-13)11-4-3-5-14-10-11/h3-5,8-10H,1-2,6-7H2/b15-13-. The lowest BCUT2D eigenvalue weighted by Crippen LogP contribution is -2.27. The molecule has 5 nitrogen and oxygen atoms in total. The summed E-state index contributed by atoms with van der Waals surface area (Å²) in [7, 11) is 0. The molecule has 6 heteroatoms. The van der Waals surface area contributed by atoms with Gasteiger partial charge in [-0.15, -0.1) is 11.3 Å². The summed E-state index contributed by atoms with van der Waals surface area (Å²) in [6, 6.07) is 3.67. The lowest BCUT2D eigenvalue weighted by molar-refractivity contribution is 0.218. The first-order valence-electron chi connectivity index (χ1n) is 6.25. The van der Waals surface area contributed by atoms with Gasteiger partial charge in [0.25, 0.3) is 0 Å². The molecule has 0 saturated carbocycles. The Bertz CT molecular complexity index is 625. The van der Waals surface area contributed by atoms with Gasteiger partial charge in [-0.25, -0.2) is 4.79 Å². The van der Waals surface area contributed by atoms with Crippen LogP contribution < -0.4 is 4.80 Å². The molecule has 0 unspecified atom stereocenters. The minimum atomic E-state index is -0.141. The van der Waals surface area contributed by atoms with E-state index in [2.05, 4.69) is 9.98 Å². The van der Waals surface area contributed by atoms with Crippen molar-refractivity contribution in [3.8, 4) is 5.69 Å². The van der Waals surface area contributed by atoms with Crippen molar-refractivity contribution in [3.05, 3.63) is 40.9 Å². The molecule has 2 aromatic heterocycles. The van der Waals surface area contributed by atoms with E-state index >= 15 is 0 Å². The minimum Gasteiger partial charge on any atom is -0.323 e. The summed E-state index contributed by atoms with van der Waals surface area (Å²) in [5.41, 5.74) is 0.914.